The number of nitrogens with one attached hydrogen (secondary N) is 1. The summed E-state index contributed by atoms with van der Waals surface area (Å²) >= 11 is 1.14. The van der Waals surface area contributed by atoms with Gasteiger partial charge in [0.15, 0.2) is 11.2 Å². The van der Waals surface area contributed by atoms with Crippen LogP contribution in [0.5, 0.6) is 0 Å². The van der Waals surface area contributed by atoms with Crippen molar-refractivity contribution in [2.24, 2.45) is 7.05 Å². The van der Waals surface area contributed by atoms with Crippen molar-refractivity contribution in [2.45, 2.75) is 33.3 Å². The van der Waals surface area contributed by atoms with Gasteiger partial charge < -0.3 is 14.0 Å². The molecule has 0 saturated heterocycles. The molecule has 4 aromatic rings. The smallest absolute Gasteiger partial charge is 0.356 e. The number of carbonyl (C=O) groups is 3. The van der Waals surface area contributed by atoms with Gasteiger partial charge >= 0.3 is 11.9 Å². The molecule has 0 fully saturated rings. The van der Waals surface area contributed by atoms with Gasteiger partial charge in [-0.25, -0.2) is 9.78 Å². The topological polar surface area (TPSA) is 117 Å². The van der Waals surface area contributed by atoms with Gasteiger partial charge in [-0.3, -0.25) is 19.7 Å². The zero-order chi connectivity index (χ0) is 27.4. The number of nitrogens with zero attached hydrogens (tertiary/aromatic N) is 2. The summed E-state index contributed by atoms with van der Waals surface area (Å²) in [5.74, 6) is -1.82. The van der Waals surface area contributed by atoms with Crippen LogP contribution in [0.4, 0.5) is 5.13 Å². The van der Waals surface area contributed by atoms with E-state index in [4.69, 9.17) is 9.47 Å². The third-order valence-electron chi connectivity index (χ3n) is 5.90. The van der Waals surface area contributed by atoms with Crippen molar-refractivity contribution < 1.29 is 23.9 Å². The SMILES string of the molecule is CCOC(=O)Cc1csc(NC(=O)C(C)OC(=O)c2c(-c3ccc(C)cc3)c3ccccc3c(=O)n2C)n1. The number of carbonyl (C=O) groups excluding carboxylic acids is 3. The number of pyridine rings is 1. The molecule has 0 spiro atoms. The highest BCUT2D eigenvalue weighted by Gasteiger charge is 2.27. The van der Waals surface area contributed by atoms with Crippen LogP contribution in [-0.4, -0.2) is 40.1 Å². The average molecular weight is 534 g/mol. The Bertz CT molecular complexity index is 1570. The van der Waals surface area contributed by atoms with Crippen LogP contribution >= 0.6 is 11.3 Å². The lowest BCUT2D eigenvalue weighted by Gasteiger charge is -2.19. The molecule has 9 nitrogen and oxygen atoms in total. The van der Waals surface area contributed by atoms with Crippen molar-refractivity contribution in [3.05, 3.63) is 81.2 Å². The number of rotatable bonds is 8. The maximum absolute atomic E-state index is 13.5. The molecule has 196 valence electrons. The minimum atomic E-state index is -1.19. The molecule has 0 radical (unpaired) electrons. The lowest BCUT2D eigenvalue weighted by Crippen LogP contribution is -2.32. The fourth-order valence-corrected chi connectivity index (χ4v) is 4.71. The van der Waals surface area contributed by atoms with E-state index in [1.807, 2.05) is 31.2 Å². The summed E-state index contributed by atoms with van der Waals surface area (Å²) < 4.78 is 11.7. The number of hydrogen-bond donors (Lipinski definition) is 1. The zero-order valence-electron chi connectivity index (χ0n) is 21.4. The van der Waals surface area contributed by atoms with Crippen LogP contribution < -0.4 is 10.9 Å². The highest BCUT2D eigenvalue weighted by atomic mass is 32.1. The van der Waals surface area contributed by atoms with Crippen molar-refractivity contribution in [1.29, 1.82) is 0 Å². The molecule has 0 bridgehead atoms. The molecule has 0 aliphatic rings. The minimum Gasteiger partial charge on any atom is -0.466 e. The Balaban J connectivity index is 1.60. The number of hydrogen-bond acceptors (Lipinski definition) is 8. The van der Waals surface area contributed by atoms with Gasteiger partial charge in [0.1, 0.15) is 5.69 Å². The van der Waals surface area contributed by atoms with Crippen LogP contribution in [0.2, 0.25) is 0 Å². The maximum atomic E-state index is 13.5. The van der Waals surface area contributed by atoms with E-state index < -0.39 is 23.9 Å². The van der Waals surface area contributed by atoms with Gasteiger partial charge in [0, 0.05) is 23.4 Å². The van der Waals surface area contributed by atoms with E-state index in [1.54, 1.807) is 36.6 Å². The van der Waals surface area contributed by atoms with Gasteiger partial charge in [-0.2, -0.15) is 0 Å². The van der Waals surface area contributed by atoms with E-state index in [1.165, 1.54) is 18.5 Å². The number of fused-ring (bicyclic) bond motifs is 1. The molecule has 4 rings (SSSR count). The normalized spacial score (nSPS) is 11.7. The number of ether oxygens (including phenoxy) is 2. The number of anilines is 1. The number of aryl methyl sites for hydroxylation is 1. The average Bonchev–Trinajstić information content (AvgIpc) is 3.33. The van der Waals surface area contributed by atoms with Crippen molar-refractivity contribution in [3.8, 4) is 11.1 Å². The molecule has 1 unspecified atom stereocenters. The van der Waals surface area contributed by atoms with Crippen LogP contribution in [0.3, 0.4) is 0 Å². The Kier molecular flexibility index (Phi) is 8.02. The second kappa shape index (κ2) is 11.4. The lowest BCUT2D eigenvalue weighted by atomic mass is 9.96. The van der Waals surface area contributed by atoms with E-state index in [9.17, 15) is 19.2 Å². The quantitative estimate of drug-likeness (QED) is 0.336. The molecule has 38 heavy (non-hydrogen) atoms. The first-order valence-corrected chi connectivity index (χ1v) is 12.9. The Hall–Kier alpha value is -4.31. The molecule has 2 aromatic carbocycles. The third-order valence-corrected chi connectivity index (χ3v) is 6.71. The minimum absolute atomic E-state index is 0.0114. The van der Waals surface area contributed by atoms with E-state index in [-0.39, 0.29) is 29.4 Å². The second-order valence-electron chi connectivity index (χ2n) is 8.66. The molecule has 2 aromatic heterocycles. The zero-order valence-corrected chi connectivity index (χ0v) is 22.3. The molecule has 0 saturated carbocycles. The summed E-state index contributed by atoms with van der Waals surface area (Å²) in [6.07, 6.45) is -1.20. The van der Waals surface area contributed by atoms with Crippen molar-refractivity contribution in [2.75, 3.05) is 11.9 Å². The fraction of sp³-hybridized carbons (Fsp3) is 0.250. The molecule has 10 heteroatoms. The van der Waals surface area contributed by atoms with E-state index >= 15 is 0 Å². The predicted octanol–water partition coefficient (Wildman–Crippen LogP) is 4.26. The monoisotopic (exact) mass is 533 g/mol. The fourth-order valence-electron chi connectivity index (χ4n) is 4.00. The Morgan fingerprint density at radius 3 is 2.45 bits per heavy atom. The Labute approximate surface area is 223 Å². The molecule has 1 amide bonds. The van der Waals surface area contributed by atoms with E-state index in [2.05, 4.69) is 10.3 Å². The molecule has 0 aliphatic heterocycles. The number of aromatic nitrogens is 2. The number of esters is 2. The third kappa shape index (κ3) is 5.65. The Morgan fingerprint density at radius 1 is 1.08 bits per heavy atom. The van der Waals surface area contributed by atoms with Crippen LogP contribution in [0.1, 0.15) is 35.6 Å². The maximum Gasteiger partial charge on any atom is 0.356 e. The van der Waals surface area contributed by atoms with Gasteiger partial charge in [0.25, 0.3) is 11.5 Å². The van der Waals surface area contributed by atoms with Gasteiger partial charge in [-0.15, -0.1) is 11.3 Å². The molecule has 1 atom stereocenters. The highest BCUT2D eigenvalue weighted by Crippen LogP contribution is 2.31. The first-order chi connectivity index (χ1) is 18.2. The number of benzene rings is 2. The van der Waals surface area contributed by atoms with Crippen molar-refractivity contribution in [1.82, 2.24) is 9.55 Å². The molecular weight excluding hydrogens is 506 g/mol. The van der Waals surface area contributed by atoms with Crippen molar-refractivity contribution in [3.63, 3.8) is 0 Å². The second-order valence-corrected chi connectivity index (χ2v) is 9.52. The van der Waals surface area contributed by atoms with Gasteiger partial charge in [0.2, 0.25) is 0 Å². The summed E-state index contributed by atoms with van der Waals surface area (Å²) in [5.41, 5.74) is 2.49. The summed E-state index contributed by atoms with van der Waals surface area (Å²) in [5, 5.41) is 5.58. The highest BCUT2D eigenvalue weighted by molar-refractivity contribution is 7.13. The van der Waals surface area contributed by atoms with Crippen LogP contribution in [-0.2, 0) is 32.5 Å². The number of thiazole rings is 1. The summed E-state index contributed by atoms with van der Waals surface area (Å²) in [7, 11) is 1.51. The molecule has 0 aliphatic carbocycles. The van der Waals surface area contributed by atoms with Crippen LogP contribution in [0.15, 0.2) is 58.7 Å². The van der Waals surface area contributed by atoms with Gasteiger partial charge in [-0.05, 0) is 37.8 Å². The molecular formula is C28H27N3O6S. The van der Waals surface area contributed by atoms with Gasteiger partial charge in [-0.1, -0.05) is 48.0 Å². The first kappa shape index (κ1) is 26.7. The predicted molar refractivity (Wildman–Crippen MR) is 145 cm³/mol. The lowest BCUT2D eigenvalue weighted by molar-refractivity contribution is -0.142. The van der Waals surface area contributed by atoms with Gasteiger partial charge in [0.05, 0.1) is 18.7 Å². The number of amides is 1. The van der Waals surface area contributed by atoms with Crippen LogP contribution in [0.25, 0.3) is 21.9 Å². The first-order valence-electron chi connectivity index (χ1n) is 12.0. The van der Waals surface area contributed by atoms with Crippen LogP contribution in [0, 0.1) is 6.92 Å². The Morgan fingerprint density at radius 2 is 1.76 bits per heavy atom. The standard InChI is InChI=1S/C28H27N3O6S/c1-5-36-22(32)14-19-15-38-28(29-19)30-25(33)17(3)37-27(35)24-23(18-12-10-16(2)11-13-18)20-8-6-7-9-21(20)26(34)31(24)4/h6-13,15,17H,5,14H2,1-4H3,(H,29,30,33). The molecule has 2 heterocycles. The van der Waals surface area contributed by atoms with E-state index in [0.717, 1.165) is 22.5 Å². The van der Waals surface area contributed by atoms with Crippen molar-refractivity contribution >= 4 is 45.1 Å². The summed E-state index contributed by atoms with van der Waals surface area (Å²) in [4.78, 5) is 55.2. The largest absolute Gasteiger partial charge is 0.466 e. The van der Waals surface area contributed by atoms with E-state index in [0.29, 0.717) is 22.0 Å². The summed E-state index contributed by atoms with van der Waals surface area (Å²) in [6, 6.07) is 14.7. The molecule has 1 N–H and O–H groups in total. The summed E-state index contributed by atoms with van der Waals surface area (Å²) in [6.45, 7) is 5.38.